The van der Waals surface area contributed by atoms with Gasteiger partial charge in [-0.05, 0) is 50.2 Å². The Morgan fingerprint density at radius 3 is 2.80 bits per heavy atom. The van der Waals surface area contributed by atoms with Crippen LogP contribution in [-0.2, 0) is 0 Å². The number of hydrogen-bond donors (Lipinski definition) is 2. The van der Waals surface area contributed by atoms with Gasteiger partial charge in [0.05, 0.1) is 11.2 Å². The molecule has 0 aliphatic heterocycles. The molecular weight excluding hydrogens is 250 g/mol. The van der Waals surface area contributed by atoms with Crippen molar-refractivity contribution in [2.45, 2.75) is 51.6 Å². The maximum atomic E-state index is 10.6. The Hall–Kier alpha value is -1.60. The van der Waals surface area contributed by atoms with Gasteiger partial charge in [-0.1, -0.05) is 13.3 Å². The lowest BCUT2D eigenvalue weighted by Gasteiger charge is -2.36. The van der Waals surface area contributed by atoms with E-state index >= 15 is 0 Å². The largest absolute Gasteiger partial charge is 0.388 e. The average Bonchev–Trinajstić information content (AvgIpc) is 2.46. The van der Waals surface area contributed by atoms with Crippen molar-refractivity contribution in [3.8, 4) is 6.07 Å². The molecule has 1 aromatic rings. The molecule has 0 unspecified atom stereocenters. The van der Waals surface area contributed by atoms with Crippen molar-refractivity contribution in [1.29, 1.82) is 5.26 Å². The Bertz CT molecular complexity index is 499. The number of aromatic nitrogens is 1. The first kappa shape index (κ1) is 14.8. The van der Waals surface area contributed by atoms with Crippen LogP contribution in [-0.4, -0.2) is 22.2 Å². The van der Waals surface area contributed by atoms with Gasteiger partial charge in [0.1, 0.15) is 11.9 Å². The van der Waals surface area contributed by atoms with Crippen LogP contribution in [0.5, 0.6) is 0 Å². The monoisotopic (exact) mass is 273 g/mol. The third-order valence-electron chi connectivity index (χ3n) is 4.47. The number of aliphatic hydroxyl groups is 1. The summed E-state index contributed by atoms with van der Waals surface area (Å²) in [5.74, 6) is 1.33. The van der Waals surface area contributed by atoms with E-state index in [1.165, 1.54) is 6.42 Å². The standard InChI is InChI=1S/C16H23N3O/c1-3-13-4-7-16(20,8-5-13)11-19-15-14(10-17)12(2)6-9-18-15/h6,9,13,20H,3-5,7-8,11H2,1-2H3,(H,18,19). The number of anilines is 1. The second-order valence-electron chi connectivity index (χ2n) is 5.89. The Morgan fingerprint density at radius 1 is 1.50 bits per heavy atom. The topological polar surface area (TPSA) is 68.9 Å². The molecule has 2 rings (SSSR count). The fourth-order valence-corrected chi connectivity index (χ4v) is 2.88. The van der Waals surface area contributed by atoms with Crippen molar-refractivity contribution in [2.24, 2.45) is 5.92 Å². The minimum absolute atomic E-state index is 0.467. The second kappa shape index (κ2) is 6.23. The van der Waals surface area contributed by atoms with Gasteiger partial charge in [0.15, 0.2) is 0 Å². The fraction of sp³-hybridized carbons (Fsp3) is 0.625. The summed E-state index contributed by atoms with van der Waals surface area (Å²) < 4.78 is 0. The number of aryl methyl sites for hydroxylation is 1. The van der Waals surface area contributed by atoms with Crippen LogP contribution in [0.2, 0.25) is 0 Å². The zero-order valence-corrected chi connectivity index (χ0v) is 12.3. The van der Waals surface area contributed by atoms with Crippen LogP contribution in [0.3, 0.4) is 0 Å². The van der Waals surface area contributed by atoms with Crippen LogP contribution >= 0.6 is 0 Å². The molecule has 0 spiro atoms. The molecule has 2 N–H and O–H groups in total. The van der Waals surface area contributed by atoms with E-state index in [-0.39, 0.29) is 0 Å². The van der Waals surface area contributed by atoms with Gasteiger partial charge < -0.3 is 10.4 Å². The molecule has 0 bridgehead atoms. The predicted octanol–water partition coefficient (Wildman–Crippen LogP) is 3.00. The van der Waals surface area contributed by atoms with Crippen LogP contribution in [0, 0.1) is 24.2 Å². The third kappa shape index (κ3) is 3.29. The first-order chi connectivity index (χ1) is 9.58. The van der Waals surface area contributed by atoms with Crippen LogP contribution in [0.1, 0.15) is 50.2 Å². The molecule has 1 aliphatic carbocycles. The predicted molar refractivity (Wildman–Crippen MR) is 79.4 cm³/mol. The lowest BCUT2D eigenvalue weighted by Crippen LogP contribution is -2.40. The molecule has 108 valence electrons. The number of hydrogen-bond acceptors (Lipinski definition) is 4. The summed E-state index contributed by atoms with van der Waals surface area (Å²) in [6.07, 6.45) is 6.71. The highest BCUT2D eigenvalue weighted by molar-refractivity contribution is 5.55. The summed E-state index contributed by atoms with van der Waals surface area (Å²) >= 11 is 0. The maximum Gasteiger partial charge on any atom is 0.144 e. The number of rotatable bonds is 4. The highest BCUT2D eigenvalue weighted by Gasteiger charge is 2.32. The van der Waals surface area contributed by atoms with Gasteiger partial charge in [-0.15, -0.1) is 0 Å². The maximum absolute atomic E-state index is 10.6. The van der Waals surface area contributed by atoms with Gasteiger partial charge in [0, 0.05) is 12.7 Å². The third-order valence-corrected chi connectivity index (χ3v) is 4.47. The van der Waals surface area contributed by atoms with Crippen molar-refractivity contribution in [1.82, 2.24) is 4.98 Å². The molecule has 1 saturated carbocycles. The first-order valence-corrected chi connectivity index (χ1v) is 7.40. The van der Waals surface area contributed by atoms with Crippen LogP contribution < -0.4 is 5.32 Å². The van der Waals surface area contributed by atoms with E-state index in [1.54, 1.807) is 6.20 Å². The fourth-order valence-electron chi connectivity index (χ4n) is 2.88. The van der Waals surface area contributed by atoms with E-state index in [9.17, 15) is 10.4 Å². The zero-order valence-electron chi connectivity index (χ0n) is 12.3. The van der Waals surface area contributed by atoms with Crippen molar-refractivity contribution in [3.63, 3.8) is 0 Å². The smallest absolute Gasteiger partial charge is 0.144 e. The molecular formula is C16H23N3O. The highest BCUT2D eigenvalue weighted by atomic mass is 16.3. The van der Waals surface area contributed by atoms with Crippen LogP contribution in [0.4, 0.5) is 5.82 Å². The molecule has 4 heteroatoms. The molecule has 0 radical (unpaired) electrons. The molecule has 0 atom stereocenters. The summed E-state index contributed by atoms with van der Waals surface area (Å²) in [6.45, 7) is 4.57. The average molecular weight is 273 g/mol. The van der Waals surface area contributed by atoms with Crippen molar-refractivity contribution in [3.05, 3.63) is 23.4 Å². The molecule has 0 amide bonds. The summed E-state index contributed by atoms with van der Waals surface area (Å²) in [7, 11) is 0. The van der Waals surface area contributed by atoms with Crippen molar-refractivity contribution < 1.29 is 5.11 Å². The number of nitrogens with one attached hydrogen (secondary N) is 1. The van der Waals surface area contributed by atoms with E-state index < -0.39 is 5.60 Å². The lowest BCUT2D eigenvalue weighted by molar-refractivity contribution is 0.00222. The molecule has 20 heavy (non-hydrogen) atoms. The van der Waals surface area contributed by atoms with Crippen LogP contribution in [0.15, 0.2) is 12.3 Å². The van der Waals surface area contributed by atoms with Crippen molar-refractivity contribution in [2.75, 3.05) is 11.9 Å². The summed E-state index contributed by atoms with van der Waals surface area (Å²) in [6, 6.07) is 4.00. The van der Waals surface area contributed by atoms with Gasteiger partial charge >= 0.3 is 0 Å². The quantitative estimate of drug-likeness (QED) is 0.884. The highest BCUT2D eigenvalue weighted by Crippen LogP contribution is 2.33. The Labute approximate surface area is 120 Å². The minimum Gasteiger partial charge on any atom is -0.388 e. The Kier molecular flexibility index (Phi) is 4.61. The first-order valence-electron chi connectivity index (χ1n) is 7.40. The minimum atomic E-state index is -0.663. The summed E-state index contributed by atoms with van der Waals surface area (Å²) in [5.41, 5.74) is 0.814. The van der Waals surface area contributed by atoms with E-state index in [0.29, 0.717) is 17.9 Å². The SMILES string of the molecule is CCC1CCC(O)(CNc2nccc(C)c2C#N)CC1. The van der Waals surface area contributed by atoms with Gasteiger partial charge in [-0.2, -0.15) is 5.26 Å². The van der Waals surface area contributed by atoms with Gasteiger partial charge in [-0.3, -0.25) is 0 Å². The molecule has 1 fully saturated rings. The number of pyridine rings is 1. The molecule has 1 aliphatic rings. The lowest BCUT2D eigenvalue weighted by atomic mass is 9.78. The van der Waals surface area contributed by atoms with E-state index in [1.807, 2.05) is 13.0 Å². The van der Waals surface area contributed by atoms with Gasteiger partial charge in [-0.25, -0.2) is 4.98 Å². The van der Waals surface area contributed by atoms with E-state index in [0.717, 1.165) is 37.2 Å². The van der Waals surface area contributed by atoms with Crippen molar-refractivity contribution >= 4 is 5.82 Å². The Morgan fingerprint density at radius 2 is 2.20 bits per heavy atom. The second-order valence-corrected chi connectivity index (χ2v) is 5.89. The molecule has 1 aromatic heterocycles. The summed E-state index contributed by atoms with van der Waals surface area (Å²) in [4.78, 5) is 4.21. The number of nitriles is 1. The Balaban J connectivity index is 1.99. The summed E-state index contributed by atoms with van der Waals surface area (Å²) in [5, 5.41) is 22.9. The molecule has 0 saturated heterocycles. The molecule has 4 nitrogen and oxygen atoms in total. The van der Waals surface area contributed by atoms with E-state index in [4.69, 9.17) is 0 Å². The zero-order chi connectivity index (χ0) is 14.6. The van der Waals surface area contributed by atoms with Gasteiger partial charge in [0.25, 0.3) is 0 Å². The normalized spacial score (nSPS) is 26.0. The molecule has 1 heterocycles. The van der Waals surface area contributed by atoms with Gasteiger partial charge in [0.2, 0.25) is 0 Å². The van der Waals surface area contributed by atoms with Crippen LogP contribution in [0.25, 0.3) is 0 Å². The molecule has 0 aromatic carbocycles. The number of nitrogens with zero attached hydrogens (tertiary/aromatic N) is 2. The van der Waals surface area contributed by atoms with E-state index in [2.05, 4.69) is 23.3 Å².